The van der Waals surface area contributed by atoms with Gasteiger partial charge in [-0.3, -0.25) is 15.0 Å². The fraction of sp³-hybridized carbons (Fsp3) is 0.333. The fourth-order valence-electron chi connectivity index (χ4n) is 8.16. The number of amides is 4. The van der Waals surface area contributed by atoms with Gasteiger partial charge in [0.1, 0.15) is 28.9 Å². The van der Waals surface area contributed by atoms with Crippen molar-refractivity contribution in [3.63, 3.8) is 0 Å². The van der Waals surface area contributed by atoms with E-state index in [0.29, 0.717) is 75.1 Å². The average Bonchev–Trinajstić information content (AvgIpc) is 3.27. The third-order valence-electron chi connectivity index (χ3n) is 11.5. The zero-order valence-corrected chi connectivity index (χ0v) is 35.3. The molecule has 64 heavy (non-hydrogen) atoms. The molecule has 19 heteroatoms. The molecule has 0 atom stereocenters. The van der Waals surface area contributed by atoms with Crippen molar-refractivity contribution in [2.75, 3.05) is 59.3 Å². The second kappa shape index (κ2) is 18.6. The molecule has 336 valence electrons. The van der Waals surface area contributed by atoms with Crippen molar-refractivity contribution in [1.29, 1.82) is 5.41 Å². The molecule has 1 fully saturated rings. The highest BCUT2D eigenvalue weighted by Crippen LogP contribution is 2.38. The normalized spacial score (nSPS) is 14.0. The van der Waals surface area contributed by atoms with Gasteiger partial charge in [0, 0.05) is 87.4 Å². The molecule has 1 aromatic heterocycles. The Balaban J connectivity index is 1.06. The van der Waals surface area contributed by atoms with Crippen LogP contribution in [0, 0.1) is 5.41 Å². The molecule has 0 unspecified atom stereocenters. The van der Waals surface area contributed by atoms with Crippen LogP contribution in [0.1, 0.15) is 60.2 Å². The summed E-state index contributed by atoms with van der Waals surface area (Å²) in [5.41, 5.74) is 6.27. The summed E-state index contributed by atoms with van der Waals surface area (Å²) < 4.78 is 43.4. The topological polar surface area (TPSA) is 225 Å². The van der Waals surface area contributed by atoms with Crippen molar-refractivity contribution in [2.24, 2.45) is 5.73 Å². The summed E-state index contributed by atoms with van der Waals surface area (Å²) in [4.78, 5) is 54.4. The molecule has 0 spiro atoms. The van der Waals surface area contributed by atoms with E-state index in [1.165, 1.54) is 6.07 Å². The van der Waals surface area contributed by atoms with Crippen LogP contribution >= 0.6 is 0 Å². The quantitative estimate of drug-likeness (QED) is 0.0570. The molecule has 0 bridgehead atoms. The number of rotatable bonds is 12. The molecular formula is C45H49F3N10O6. The van der Waals surface area contributed by atoms with Crippen LogP contribution in [-0.2, 0) is 41.7 Å². The Hall–Kier alpha value is -7.31. The number of nitrogens with one attached hydrogen (secondary N) is 3. The van der Waals surface area contributed by atoms with Crippen LogP contribution < -0.4 is 31.1 Å². The molecule has 7 rings (SSSR count). The number of fused-ring (bicyclic) bond motifs is 2. The molecule has 8 N–H and O–H groups in total. The van der Waals surface area contributed by atoms with Gasteiger partial charge in [-0.1, -0.05) is 44.2 Å². The van der Waals surface area contributed by atoms with E-state index in [1.54, 1.807) is 19.1 Å². The van der Waals surface area contributed by atoms with Crippen LogP contribution in [0.25, 0.3) is 10.8 Å². The Morgan fingerprint density at radius 1 is 0.891 bits per heavy atom. The Morgan fingerprint density at radius 3 is 2.34 bits per heavy atom. The SMILES string of the molecule is CCC(=O)N1CCN(c2nc(NCCC(=O)NCc3ccc(N(C(=N)c4cc(CC)c(O)cc4O)C(N)=O)cc3C(F)(F)F)nc3c2CCN(c2cc(O)cc4ccccc24)C3)CC1. The van der Waals surface area contributed by atoms with Crippen molar-refractivity contribution in [1.82, 2.24) is 20.2 Å². The molecule has 2 aliphatic rings. The van der Waals surface area contributed by atoms with Crippen molar-refractivity contribution in [3.8, 4) is 17.2 Å². The first-order valence-electron chi connectivity index (χ1n) is 20.9. The van der Waals surface area contributed by atoms with E-state index in [2.05, 4.69) is 20.4 Å². The molecular weight excluding hydrogens is 834 g/mol. The maximum Gasteiger partial charge on any atom is 0.416 e. The van der Waals surface area contributed by atoms with Gasteiger partial charge in [0.15, 0.2) is 0 Å². The molecule has 0 radical (unpaired) electrons. The molecule has 1 saturated heterocycles. The van der Waals surface area contributed by atoms with E-state index >= 15 is 0 Å². The van der Waals surface area contributed by atoms with Gasteiger partial charge in [0.25, 0.3) is 0 Å². The molecule has 5 aromatic rings. The van der Waals surface area contributed by atoms with Crippen LogP contribution in [0.3, 0.4) is 0 Å². The highest BCUT2D eigenvalue weighted by molar-refractivity contribution is 6.22. The fourth-order valence-corrected chi connectivity index (χ4v) is 8.16. The van der Waals surface area contributed by atoms with Gasteiger partial charge in [-0.15, -0.1) is 0 Å². The predicted molar refractivity (Wildman–Crippen MR) is 236 cm³/mol. The number of anilines is 4. The van der Waals surface area contributed by atoms with Crippen LogP contribution in [0.5, 0.6) is 17.2 Å². The van der Waals surface area contributed by atoms with E-state index in [0.717, 1.165) is 51.7 Å². The van der Waals surface area contributed by atoms with E-state index in [9.17, 15) is 42.9 Å². The molecule has 3 heterocycles. The number of nitrogens with zero attached hydrogens (tertiary/aromatic N) is 6. The molecule has 16 nitrogen and oxygen atoms in total. The number of benzene rings is 4. The smallest absolute Gasteiger partial charge is 0.416 e. The standard InChI is InChI=1S/C45H49F3N10O6/c1-3-26-20-33(38(61)23-37(26)60)41(49)58(43(50)64)29-10-9-28(34(21-29)45(46,47)48)24-52-39(62)11-13-51-44-53-35-25-57(36-22-30(59)19-27-7-5-6-8-31(27)36)14-12-32(35)42(54-44)56-17-15-55(16-18-56)40(63)4-2/h5-10,19-23,49,59-61H,3-4,11-18,24-25H2,1-2H3,(H2,50,64)(H,52,62)(H,51,53,54). The summed E-state index contributed by atoms with van der Waals surface area (Å²) in [6, 6.07) is 15.0. The lowest BCUT2D eigenvalue weighted by Gasteiger charge is -2.38. The molecule has 0 saturated carbocycles. The first kappa shape index (κ1) is 44.7. The third-order valence-corrected chi connectivity index (χ3v) is 11.5. The van der Waals surface area contributed by atoms with Crippen LogP contribution in [0.2, 0.25) is 0 Å². The lowest BCUT2D eigenvalue weighted by Crippen LogP contribution is -2.49. The summed E-state index contributed by atoms with van der Waals surface area (Å²) in [7, 11) is 0. The monoisotopic (exact) mass is 882 g/mol. The van der Waals surface area contributed by atoms with Crippen LogP contribution in [0.4, 0.5) is 41.1 Å². The summed E-state index contributed by atoms with van der Waals surface area (Å²) >= 11 is 0. The molecule has 0 aliphatic carbocycles. The number of aromatic nitrogens is 2. The van der Waals surface area contributed by atoms with Gasteiger partial charge < -0.3 is 46.4 Å². The second-order valence-corrected chi connectivity index (χ2v) is 15.5. The number of halogens is 3. The van der Waals surface area contributed by atoms with Gasteiger partial charge in [0.2, 0.25) is 17.8 Å². The van der Waals surface area contributed by atoms with Crippen molar-refractivity contribution in [3.05, 3.63) is 100 Å². The van der Waals surface area contributed by atoms with E-state index in [-0.39, 0.29) is 47.4 Å². The summed E-state index contributed by atoms with van der Waals surface area (Å²) in [6.07, 6.45) is -3.78. The Kier molecular flexibility index (Phi) is 13.0. The van der Waals surface area contributed by atoms with Gasteiger partial charge in [-0.25, -0.2) is 14.7 Å². The zero-order chi connectivity index (χ0) is 45.9. The van der Waals surface area contributed by atoms with Crippen molar-refractivity contribution in [2.45, 2.75) is 58.8 Å². The molecule has 4 aromatic carbocycles. The number of aromatic hydroxyl groups is 3. The summed E-state index contributed by atoms with van der Waals surface area (Å²) in [5, 5.41) is 47.2. The number of primary amides is 1. The second-order valence-electron chi connectivity index (χ2n) is 15.5. The number of piperazine rings is 1. The number of urea groups is 1. The first-order valence-corrected chi connectivity index (χ1v) is 20.9. The van der Waals surface area contributed by atoms with E-state index in [4.69, 9.17) is 21.1 Å². The maximum atomic E-state index is 14.5. The lowest BCUT2D eigenvalue weighted by molar-refractivity contribution is -0.138. The average molecular weight is 883 g/mol. The minimum Gasteiger partial charge on any atom is -0.508 e. The lowest BCUT2D eigenvalue weighted by atomic mass is 10.0. The predicted octanol–water partition coefficient (Wildman–Crippen LogP) is 5.98. The Morgan fingerprint density at radius 2 is 1.64 bits per heavy atom. The van der Waals surface area contributed by atoms with Gasteiger partial charge >= 0.3 is 12.2 Å². The number of aryl methyl sites for hydroxylation is 1. The number of hydrogen-bond donors (Lipinski definition) is 7. The van der Waals surface area contributed by atoms with Gasteiger partial charge in [0.05, 0.1) is 29.1 Å². The van der Waals surface area contributed by atoms with Crippen molar-refractivity contribution >= 4 is 57.6 Å². The molecule has 2 aliphatic heterocycles. The number of amidine groups is 1. The zero-order valence-electron chi connectivity index (χ0n) is 35.3. The minimum absolute atomic E-state index is 0.0361. The third kappa shape index (κ3) is 9.52. The van der Waals surface area contributed by atoms with E-state index < -0.39 is 47.5 Å². The summed E-state index contributed by atoms with van der Waals surface area (Å²) in [5.74, 6) is -0.941. The summed E-state index contributed by atoms with van der Waals surface area (Å²) in [6.45, 7) is 6.27. The first-order chi connectivity index (χ1) is 30.6. The number of hydrogen-bond acceptors (Lipinski definition) is 12. The number of carbonyl (C=O) groups excluding carboxylic acids is 3. The number of alkyl halides is 3. The number of phenols is 3. The number of phenolic OH excluding ortho intramolecular Hbond substituents is 3. The number of nitrogens with two attached hydrogens (primary N) is 1. The Bertz CT molecular complexity index is 2620. The number of carbonyl (C=O) groups is 3. The van der Waals surface area contributed by atoms with Crippen molar-refractivity contribution < 1.29 is 42.9 Å². The molecule has 4 amide bonds. The van der Waals surface area contributed by atoms with Crippen LogP contribution in [-0.4, -0.2) is 93.1 Å². The highest BCUT2D eigenvalue weighted by atomic mass is 19.4. The van der Waals surface area contributed by atoms with Gasteiger partial charge in [-0.2, -0.15) is 18.2 Å². The largest absolute Gasteiger partial charge is 0.508 e. The maximum absolute atomic E-state index is 14.5. The van der Waals surface area contributed by atoms with Crippen LogP contribution in [0.15, 0.2) is 66.7 Å². The minimum atomic E-state index is -4.94. The Labute approximate surface area is 366 Å². The van der Waals surface area contributed by atoms with E-state index in [1.807, 2.05) is 36.1 Å². The highest BCUT2D eigenvalue weighted by Gasteiger charge is 2.35. The van der Waals surface area contributed by atoms with Gasteiger partial charge in [-0.05, 0) is 53.6 Å².